The first-order chi connectivity index (χ1) is 11.2. The second kappa shape index (κ2) is 8.70. The molecule has 0 amide bonds. The number of fused-ring (bicyclic) bond motifs is 1. The maximum absolute atomic E-state index is 9.69. The predicted molar refractivity (Wildman–Crippen MR) is 94.9 cm³/mol. The Morgan fingerprint density at radius 1 is 1.22 bits per heavy atom. The summed E-state index contributed by atoms with van der Waals surface area (Å²) in [5, 5.41) is 23.6. The highest BCUT2D eigenvalue weighted by molar-refractivity contribution is 5.92. The van der Waals surface area contributed by atoms with Crippen LogP contribution in [0, 0.1) is 0 Å². The predicted octanol–water partition coefficient (Wildman–Crippen LogP) is 2.84. The molecule has 2 rings (SSSR count). The molecule has 0 aliphatic heterocycles. The lowest BCUT2D eigenvalue weighted by Gasteiger charge is -2.22. The van der Waals surface area contributed by atoms with Gasteiger partial charge in [0.15, 0.2) is 0 Å². The summed E-state index contributed by atoms with van der Waals surface area (Å²) in [6, 6.07) is 7.01. The lowest BCUT2D eigenvalue weighted by molar-refractivity contribution is 0.253. The van der Waals surface area contributed by atoms with Crippen molar-refractivity contribution in [3.63, 3.8) is 0 Å². The fourth-order valence-corrected chi connectivity index (χ4v) is 2.79. The van der Waals surface area contributed by atoms with Crippen LogP contribution < -0.4 is 5.32 Å². The van der Waals surface area contributed by atoms with Crippen LogP contribution in [-0.2, 0) is 0 Å². The third kappa shape index (κ3) is 4.81. The molecule has 1 heterocycles. The third-order valence-electron chi connectivity index (χ3n) is 4.23. The van der Waals surface area contributed by atoms with Crippen LogP contribution in [0.3, 0.4) is 0 Å². The maximum Gasteiger partial charge on any atom is 0.116 e. The van der Waals surface area contributed by atoms with Crippen molar-refractivity contribution in [1.29, 1.82) is 0 Å². The van der Waals surface area contributed by atoms with Gasteiger partial charge < -0.3 is 20.4 Å². The van der Waals surface area contributed by atoms with E-state index in [2.05, 4.69) is 29.0 Å². The van der Waals surface area contributed by atoms with Crippen LogP contribution in [0.25, 0.3) is 10.9 Å². The summed E-state index contributed by atoms with van der Waals surface area (Å²) in [6.07, 6.45) is 3.68. The molecule has 0 saturated carbocycles. The first-order valence-corrected chi connectivity index (χ1v) is 8.35. The Hall–Kier alpha value is -1.85. The molecule has 0 fully saturated rings. The van der Waals surface area contributed by atoms with Gasteiger partial charge in [0.05, 0.1) is 12.1 Å². The van der Waals surface area contributed by atoms with Crippen LogP contribution in [0.2, 0.25) is 0 Å². The first-order valence-electron chi connectivity index (χ1n) is 8.35. The average molecular weight is 317 g/mol. The zero-order chi connectivity index (χ0) is 16.7. The van der Waals surface area contributed by atoms with Gasteiger partial charge in [-0.1, -0.05) is 13.8 Å². The zero-order valence-electron chi connectivity index (χ0n) is 14.0. The van der Waals surface area contributed by atoms with E-state index in [4.69, 9.17) is 0 Å². The Morgan fingerprint density at radius 2 is 2.00 bits per heavy atom. The number of aliphatic hydroxyl groups is 1. The van der Waals surface area contributed by atoms with Gasteiger partial charge in [-0.25, -0.2) is 0 Å². The van der Waals surface area contributed by atoms with E-state index in [0.29, 0.717) is 0 Å². The van der Waals surface area contributed by atoms with Gasteiger partial charge in [0, 0.05) is 23.3 Å². The molecule has 0 saturated heterocycles. The number of pyridine rings is 1. The molecule has 0 aliphatic carbocycles. The number of aliphatic hydroxyl groups excluding tert-OH is 1. The fourth-order valence-electron chi connectivity index (χ4n) is 2.79. The minimum Gasteiger partial charge on any atom is -0.508 e. The molecule has 5 heteroatoms. The Morgan fingerprint density at radius 3 is 2.70 bits per heavy atom. The van der Waals surface area contributed by atoms with Gasteiger partial charge in [0.1, 0.15) is 5.75 Å². The molecule has 0 aliphatic rings. The van der Waals surface area contributed by atoms with Crippen LogP contribution >= 0.6 is 0 Å². The van der Waals surface area contributed by atoms with Crippen LogP contribution in [0.5, 0.6) is 5.75 Å². The highest BCUT2D eigenvalue weighted by Crippen LogP contribution is 2.26. The second-order valence-corrected chi connectivity index (χ2v) is 5.75. The summed E-state index contributed by atoms with van der Waals surface area (Å²) in [4.78, 5) is 6.69. The van der Waals surface area contributed by atoms with E-state index in [1.165, 1.54) is 0 Å². The van der Waals surface area contributed by atoms with Crippen molar-refractivity contribution in [1.82, 2.24) is 9.88 Å². The van der Waals surface area contributed by atoms with Crippen LogP contribution in [0.1, 0.15) is 26.7 Å². The molecular formula is C18H27N3O2. The summed E-state index contributed by atoms with van der Waals surface area (Å²) in [5.41, 5.74) is 1.72. The fraction of sp³-hybridized carbons (Fsp3) is 0.500. The van der Waals surface area contributed by atoms with Crippen LogP contribution in [0.15, 0.2) is 30.5 Å². The first kappa shape index (κ1) is 17.5. The van der Waals surface area contributed by atoms with Crippen molar-refractivity contribution in [2.75, 3.05) is 31.6 Å². The topological polar surface area (TPSA) is 68.6 Å². The standard InChI is InChI=1S/C18H27N3O2/c1-3-21(4-2)11-5-6-14(13-22)20-18-9-10-19-17-8-7-15(23)12-16(17)18/h7-10,12,14,22-23H,3-6,11,13H2,1-2H3,(H,19,20). The number of rotatable bonds is 9. The molecule has 3 N–H and O–H groups in total. The van der Waals surface area contributed by atoms with Gasteiger partial charge in [0.25, 0.3) is 0 Å². The van der Waals surface area contributed by atoms with Gasteiger partial charge in [-0.3, -0.25) is 4.98 Å². The number of anilines is 1. The van der Waals surface area contributed by atoms with E-state index in [1.807, 2.05) is 6.07 Å². The van der Waals surface area contributed by atoms with Crippen LogP contribution in [-0.4, -0.2) is 52.4 Å². The van der Waals surface area contributed by atoms with Gasteiger partial charge in [-0.2, -0.15) is 0 Å². The van der Waals surface area contributed by atoms with Crippen molar-refractivity contribution in [3.05, 3.63) is 30.5 Å². The van der Waals surface area contributed by atoms with Crippen molar-refractivity contribution in [3.8, 4) is 5.75 Å². The smallest absolute Gasteiger partial charge is 0.116 e. The molecule has 126 valence electrons. The number of hydrogen-bond donors (Lipinski definition) is 3. The Labute approximate surface area is 138 Å². The highest BCUT2D eigenvalue weighted by atomic mass is 16.3. The minimum absolute atomic E-state index is 0.00138. The molecule has 1 unspecified atom stereocenters. The second-order valence-electron chi connectivity index (χ2n) is 5.75. The van der Waals surface area contributed by atoms with Crippen molar-refractivity contribution < 1.29 is 10.2 Å². The number of hydrogen-bond acceptors (Lipinski definition) is 5. The van der Waals surface area contributed by atoms with Gasteiger partial charge in [-0.05, 0) is 56.7 Å². The average Bonchev–Trinajstić information content (AvgIpc) is 2.58. The van der Waals surface area contributed by atoms with Gasteiger partial charge in [-0.15, -0.1) is 0 Å². The van der Waals surface area contributed by atoms with E-state index in [9.17, 15) is 10.2 Å². The lowest BCUT2D eigenvalue weighted by atomic mass is 10.1. The third-order valence-corrected chi connectivity index (χ3v) is 4.23. The zero-order valence-corrected chi connectivity index (χ0v) is 14.0. The Kier molecular flexibility index (Phi) is 6.62. The summed E-state index contributed by atoms with van der Waals surface area (Å²) in [6.45, 7) is 7.58. The number of aromatic hydroxyl groups is 1. The van der Waals surface area contributed by atoms with E-state index < -0.39 is 0 Å². The summed E-state index contributed by atoms with van der Waals surface area (Å²) >= 11 is 0. The molecule has 1 aromatic heterocycles. The molecule has 23 heavy (non-hydrogen) atoms. The number of aromatic nitrogens is 1. The van der Waals surface area contributed by atoms with E-state index in [-0.39, 0.29) is 18.4 Å². The number of phenols is 1. The molecule has 0 radical (unpaired) electrons. The molecule has 5 nitrogen and oxygen atoms in total. The molecule has 1 atom stereocenters. The van der Waals surface area contributed by atoms with Crippen molar-refractivity contribution >= 4 is 16.6 Å². The number of benzene rings is 1. The van der Waals surface area contributed by atoms with Crippen LogP contribution in [0.4, 0.5) is 5.69 Å². The lowest BCUT2D eigenvalue weighted by Crippen LogP contribution is -2.28. The summed E-state index contributed by atoms with van der Waals surface area (Å²) in [5.74, 6) is 0.218. The molecule has 0 spiro atoms. The Bertz CT molecular complexity index is 614. The summed E-state index contributed by atoms with van der Waals surface area (Å²) in [7, 11) is 0. The maximum atomic E-state index is 9.69. The van der Waals surface area contributed by atoms with Gasteiger partial charge in [0.2, 0.25) is 0 Å². The van der Waals surface area contributed by atoms with E-state index in [1.54, 1.807) is 24.4 Å². The number of phenolic OH excluding ortho intramolecular Hbond substituents is 1. The Balaban J connectivity index is 2.03. The number of nitrogens with zero attached hydrogens (tertiary/aromatic N) is 2. The normalized spacial score (nSPS) is 12.7. The summed E-state index contributed by atoms with van der Waals surface area (Å²) < 4.78 is 0. The SMILES string of the molecule is CCN(CC)CCCC(CO)Nc1ccnc2ccc(O)cc12. The minimum atomic E-state index is -0.00138. The highest BCUT2D eigenvalue weighted by Gasteiger charge is 2.11. The molecule has 0 bridgehead atoms. The largest absolute Gasteiger partial charge is 0.508 e. The molecule has 1 aromatic carbocycles. The van der Waals surface area contributed by atoms with Gasteiger partial charge >= 0.3 is 0 Å². The van der Waals surface area contributed by atoms with Crippen molar-refractivity contribution in [2.24, 2.45) is 0 Å². The molecular weight excluding hydrogens is 290 g/mol. The quantitative estimate of drug-likeness (QED) is 0.663. The number of nitrogens with one attached hydrogen (secondary N) is 1. The van der Waals surface area contributed by atoms with E-state index in [0.717, 1.165) is 49.1 Å². The molecule has 2 aromatic rings. The van der Waals surface area contributed by atoms with E-state index >= 15 is 0 Å². The monoisotopic (exact) mass is 317 g/mol. The van der Waals surface area contributed by atoms with Crippen molar-refractivity contribution in [2.45, 2.75) is 32.7 Å².